The molecule has 0 fully saturated rings. The largest absolute Gasteiger partial charge is 0.493 e. The third kappa shape index (κ3) is 2.34. The Morgan fingerprint density at radius 3 is 2.50 bits per heavy atom. The highest BCUT2D eigenvalue weighted by Gasteiger charge is 2.05. The normalized spacial score (nSPS) is 9.93. The molecule has 0 radical (unpaired) electrons. The van der Waals surface area contributed by atoms with Crippen molar-refractivity contribution in [1.82, 2.24) is 0 Å². The van der Waals surface area contributed by atoms with E-state index in [1.165, 1.54) is 5.56 Å². The quantitative estimate of drug-likeness (QED) is 0.541. The number of aldehydes is 1. The van der Waals surface area contributed by atoms with E-state index in [9.17, 15) is 4.79 Å². The standard InChI is InChI=1S/C12H16O2/c1-9-5-6-10(2)12(11(9)3)14-8-4-7-13/h5-7H,4,8H2,1-3H3. The zero-order valence-electron chi connectivity index (χ0n) is 8.96. The number of rotatable bonds is 4. The third-order valence-electron chi connectivity index (χ3n) is 2.36. The number of aryl methyl sites for hydroxylation is 2. The van der Waals surface area contributed by atoms with Gasteiger partial charge in [-0.2, -0.15) is 0 Å². The molecule has 1 rings (SSSR count). The van der Waals surface area contributed by atoms with E-state index < -0.39 is 0 Å². The molecule has 14 heavy (non-hydrogen) atoms. The number of hydrogen-bond donors (Lipinski definition) is 0. The SMILES string of the molecule is Cc1ccc(C)c(OCCC=O)c1C. The molecule has 2 heteroatoms. The van der Waals surface area contributed by atoms with Gasteiger partial charge in [-0.15, -0.1) is 0 Å². The Bertz CT molecular complexity index is 329. The average molecular weight is 192 g/mol. The highest BCUT2D eigenvalue weighted by Crippen LogP contribution is 2.25. The van der Waals surface area contributed by atoms with Gasteiger partial charge in [0, 0.05) is 6.42 Å². The molecule has 0 aliphatic rings. The minimum atomic E-state index is 0.451. The molecule has 0 spiro atoms. The van der Waals surface area contributed by atoms with Gasteiger partial charge in [-0.05, 0) is 37.5 Å². The molecule has 0 aliphatic carbocycles. The lowest BCUT2D eigenvalue weighted by atomic mass is 10.1. The van der Waals surface area contributed by atoms with Crippen LogP contribution >= 0.6 is 0 Å². The maximum absolute atomic E-state index is 10.2. The first kappa shape index (κ1) is 10.8. The number of benzene rings is 1. The number of hydrogen-bond acceptors (Lipinski definition) is 2. The highest BCUT2D eigenvalue weighted by atomic mass is 16.5. The summed E-state index contributed by atoms with van der Waals surface area (Å²) in [4.78, 5) is 10.2. The van der Waals surface area contributed by atoms with E-state index in [2.05, 4.69) is 13.0 Å². The maximum Gasteiger partial charge on any atom is 0.125 e. The first-order valence-corrected chi connectivity index (χ1v) is 4.80. The first-order chi connectivity index (χ1) is 6.66. The van der Waals surface area contributed by atoms with Crippen molar-refractivity contribution in [3.05, 3.63) is 28.8 Å². The van der Waals surface area contributed by atoms with Crippen molar-refractivity contribution in [2.24, 2.45) is 0 Å². The van der Waals surface area contributed by atoms with Crippen LogP contribution in [-0.2, 0) is 4.79 Å². The van der Waals surface area contributed by atoms with E-state index in [0.29, 0.717) is 13.0 Å². The van der Waals surface area contributed by atoms with Crippen molar-refractivity contribution in [2.45, 2.75) is 27.2 Å². The van der Waals surface area contributed by atoms with Crippen molar-refractivity contribution >= 4 is 6.29 Å². The number of carbonyl (C=O) groups is 1. The molecule has 1 aromatic carbocycles. The Balaban J connectivity index is 2.83. The van der Waals surface area contributed by atoms with Crippen molar-refractivity contribution in [1.29, 1.82) is 0 Å². The zero-order valence-corrected chi connectivity index (χ0v) is 8.96. The lowest BCUT2D eigenvalue weighted by molar-refractivity contribution is -0.108. The average Bonchev–Trinajstić information content (AvgIpc) is 2.18. The molecule has 0 atom stereocenters. The summed E-state index contributed by atoms with van der Waals surface area (Å²) in [5, 5.41) is 0. The Morgan fingerprint density at radius 2 is 1.86 bits per heavy atom. The molecular weight excluding hydrogens is 176 g/mol. The fourth-order valence-electron chi connectivity index (χ4n) is 1.36. The minimum absolute atomic E-state index is 0.451. The Kier molecular flexibility index (Phi) is 3.69. The third-order valence-corrected chi connectivity index (χ3v) is 2.36. The highest BCUT2D eigenvalue weighted by molar-refractivity contribution is 5.49. The van der Waals surface area contributed by atoms with Gasteiger partial charge in [0.05, 0.1) is 6.61 Å². The van der Waals surface area contributed by atoms with Gasteiger partial charge in [0.25, 0.3) is 0 Å². The Hall–Kier alpha value is -1.31. The lowest BCUT2D eigenvalue weighted by Crippen LogP contribution is -2.01. The van der Waals surface area contributed by atoms with Crippen molar-refractivity contribution in [3.8, 4) is 5.75 Å². The second-order valence-electron chi connectivity index (χ2n) is 3.46. The molecule has 1 aromatic rings. The topological polar surface area (TPSA) is 26.3 Å². The van der Waals surface area contributed by atoms with Crippen LogP contribution in [-0.4, -0.2) is 12.9 Å². The van der Waals surface area contributed by atoms with Gasteiger partial charge in [0.2, 0.25) is 0 Å². The molecule has 0 amide bonds. The first-order valence-electron chi connectivity index (χ1n) is 4.80. The molecule has 0 saturated heterocycles. The molecule has 0 unspecified atom stereocenters. The second-order valence-corrected chi connectivity index (χ2v) is 3.46. The van der Waals surface area contributed by atoms with Crippen LogP contribution in [0.4, 0.5) is 0 Å². The van der Waals surface area contributed by atoms with Crippen LogP contribution in [0.3, 0.4) is 0 Å². The fourth-order valence-corrected chi connectivity index (χ4v) is 1.36. The van der Waals surface area contributed by atoms with Crippen LogP contribution in [0.2, 0.25) is 0 Å². The van der Waals surface area contributed by atoms with Crippen LogP contribution < -0.4 is 4.74 Å². The van der Waals surface area contributed by atoms with E-state index in [0.717, 1.165) is 23.2 Å². The van der Waals surface area contributed by atoms with Crippen LogP contribution in [0.15, 0.2) is 12.1 Å². The summed E-state index contributed by atoms with van der Waals surface area (Å²) in [6, 6.07) is 4.12. The minimum Gasteiger partial charge on any atom is -0.493 e. The van der Waals surface area contributed by atoms with E-state index in [4.69, 9.17) is 4.74 Å². The van der Waals surface area contributed by atoms with Gasteiger partial charge in [-0.1, -0.05) is 12.1 Å². The van der Waals surface area contributed by atoms with Crippen LogP contribution in [0.1, 0.15) is 23.1 Å². The maximum atomic E-state index is 10.2. The molecule has 2 nitrogen and oxygen atoms in total. The van der Waals surface area contributed by atoms with Gasteiger partial charge in [0.1, 0.15) is 12.0 Å². The van der Waals surface area contributed by atoms with Gasteiger partial charge in [0.15, 0.2) is 0 Å². The van der Waals surface area contributed by atoms with Crippen molar-refractivity contribution in [2.75, 3.05) is 6.61 Å². The Morgan fingerprint density at radius 1 is 1.21 bits per heavy atom. The Labute approximate surface area is 84.9 Å². The zero-order chi connectivity index (χ0) is 10.6. The van der Waals surface area contributed by atoms with E-state index in [-0.39, 0.29) is 0 Å². The summed E-state index contributed by atoms with van der Waals surface area (Å²) in [5.74, 6) is 0.923. The van der Waals surface area contributed by atoms with Crippen molar-refractivity contribution < 1.29 is 9.53 Å². The van der Waals surface area contributed by atoms with E-state index >= 15 is 0 Å². The van der Waals surface area contributed by atoms with Gasteiger partial charge in [-0.25, -0.2) is 0 Å². The molecule has 0 N–H and O–H groups in total. The monoisotopic (exact) mass is 192 g/mol. The van der Waals surface area contributed by atoms with Crippen molar-refractivity contribution in [3.63, 3.8) is 0 Å². The molecule has 0 bridgehead atoms. The molecule has 0 aromatic heterocycles. The predicted octanol–water partition coefficient (Wildman–Crippen LogP) is 2.58. The lowest BCUT2D eigenvalue weighted by Gasteiger charge is -2.12. The summed E-state index contributed by atoms with van der Waals surface area (Å²) in [5.41, 5.74) is 3.51. The molecule has 0 saturated carbocycles. The van der Waals surface area contributed by atoms with Gasteiger partial charge in [-0.3, -0.25) is 0 Å². The van der Waals surface area contributed by atoms with E-state index in [1.54, 1.807) is 0 Å². The molecule has 76 valence electrons. The molecule has 0 heterocycles. The second kappa shape index (κ2) is 4.80. The predicted molar refractivity (Wildman–Crippen MR) is 56.8 cm³/mol. The van der Waals surface area contributed by atoms with Crippen LogP contribution in [0.25, 0.3) is 0 Å². The summed E-state index contributed by atoms with van der Waals surface area (Å²) in [6.45, 7) is 6.58. The van der Waals surface area contributed by atoms with E-state index in [1.807, 2.05) is 19.9 Å². The number of ether oxygens (including phenoxy) is 1. The van der Waals surface area contributed by atoms with Gasteiger partial charge >= 0.3 is 0 Å². The summed E-state index contributed by atoms with van der Waals surface area (Å²) < 4.78 is 5.56. The van der Waals surface area contributed by atoms with Crippen LogP contribution in [0, 0.1) is 20.8 Å². The fraction of sp³-hybridized carbons (Fsp3) is 0.417. The smallest absolute Gasteiger partial charge is 0.125 e. The summed E-state index contributed by atoms with van der Waals surface area (Å²) >= 11 is 0. The molecule has 0 aliphatic heterocycles. The summed E-state index contributed by atoms with van der Waals surface area (Å²) in [6.07, 6.45) is 1.33. The molecular formula is C12H16O2. The summed E-state index contributed by atoms with van der Waals surface area (Å²) in [7, 11) is 0. The van der Waals surface area contributed by atoms with Gasteiger partial charge < -0.3 is 9.53 Å². The van der Waals surface area contributed by atoms with Crippen LogP contribution in [0.5, 0.6) is 5.75 Å². The number of carbonyl (C=O) groups excluding carboxylic acids is 1.